The van der Waals surface area contributed by atoms with Gasteiger partial charge in [0.1, 0.15) is 0 Å². The van der Waals surface area contributed by atoms with Crippen molar-refractivity contribution in [2.45, 2.75) is 50.7 Å². The molecule has 3 unspecified atom stereocenters. The first-order valence-electron chi connectivity index (χ1n) is 7.55. The largest absolute Gasteiger partial charge is 0.481 e. The summed E-state index contributed by atoms with van der Waals surface area (Å²) in [6.07, 6.45) is 0.281. The van der Waals surface area contributed by atoms with E-state index in [0.29, 0.717) is 13.0 Å². The molecule has 5 atom stereocenters. The number of carbonyl (C=O) groups excluding carboxylic acids is 1. The number of hydrogen-bond donors (Lipinski definition) is 3. The first-order valence-corrected chi connectivity index (χ1v) is 11.3. The summed E-state index contributed by atoms with van der Waals surface area (Å²) < 4.78 is 5.16. The molecule has 3 N–H and O–H groups in total. The van der Waals surface area contributed by atoms with Crippen molar-refractivity contribution in [2.75, 3.05) is 6.61 Å². The van der Waals surface area contributed by atoms with Crippen LogP contribution in [0.4, 0.5) is 4.79 Å². The number of carboxylic acids is 1. The molecule has 0 heterocycles. The van der Waals surface area contributed by atoms with E-state index in [4.69, 9.17) is 4.74 Å². The third-order valence-corrected chi connectivity index (χ3v) is 6.38. The van der Waals surface area contributed by atoms with Gasteiger partial charge in [-0.1, -0.05) is 19.6 Å². The van der Waals surface area contributed by atoms with Gasteiger partial charge in [0.2, 0.25) is 0 Å². The Morgan fingerprint density at radius 2 is 1.86 bits per heavy atom. The second-order valence-electron chi connectivity index (χ2n) is 7.38. The lowest BCUT2D eigenvalue weighted by atomic mass is 9.84. The van der Waals surface area contributed by atoms with Gasteiger partial charge in [-0.15, -0.1) is 0 Å². The lowest BCUT2D eigenvalue weighted by Gasteiger charge is -2.28. The van der Waals surface area contributed by atoms with E-state index < -0.39 is 38.2 Å². The van der Waals surface area contributed by atoms with E-state index in [9.17, 15) is 19.8 Å². The van der Waals surface area contributed by atoms with Gasteiger partial charge in [-0.05, 0) is 18.9 Å². The van der Waals surface area contributed by atoms with Crippen molar-refractivity contribution in [3.05, 3.63) is 0 Å². The highest BCUT2D eigenvalue weighted by Crippen LogP contribution is 2.48. The van der Waals surface area contributed by atoms with Crippen LogP contribution in [0.1, 0.15) is 12.8 Å². The minimum Gasteiger partial charge on any atom is -0.481 e. The van der Waals surface area contributed by atoms with Crippen LogP contribution < -0.4 is 5.32 Å². The number of carbonyl (C=O) groups is 2. The normalized spacial score (nSPS) is 34.8. The number of rotatable bonds is 5. The topological polar surface area (TPSA) is 95.9 Å². The van der Waals surface area contributed by atoms with Crippen LogP contribution in [0.5, 0.6) is 0 Å². The Kier molecular flexibility index (Phi) is 4.62. The number of aliphatic hydroxyl groups is 1. The zero-order chi connectivity index (χ0) is 15.8. The molecule has 2 fully saturated rings. The molecule has 2 aliphatic rings. The third-order valence-electron chi connectivity index (χ3n) is 4.67. The Bertz CT molecular complexity index is 422. The highest BCUT2D eigenvalue weighted by Gasteiger charge is 2.57. The Balaban J connectivity index is 1.89. The average molecular weight is 315 g/mol. The second kappa shape index (κ2) is 5.96. The summed E-state index contributed by atoms with van der Waals surface area (Å²) in [6, 6.07) is 0.359. The monoisotopic (exact) mass is 315 g/mol. The van der Waals surface area contributed by atoms with Gasteiger partial charge >= 0.3 is 12.1 Å². The lowest BCUT2D eigenvalue weighted by molar-refractivity contribution is -0.144. The van der Waals surface area contributed by atoms with E-state index in [1.165, 1.54) is 0 Å². The number of nitrogens with one attached hydrogen (secondary N) is 1. The number of carboxylic acid groups (broad SMARTS) is 1. The number of aliphatic hydroxyl groups excluding tert-OH is 1. The molecule has 0 aromatic rings. The Labute approximate surface area is 125 Å². The number of aliphatic carboxylic acids is 1. The van der Waals surface area contributed by atoms with Crippen LogP contribution in [-0.2, 0) is 9.53 Å². The summed E-state index contributed by atoms with van der Waals surface area (Å²) >= 11 is 0. The predicted molar refractivity (Wildman–Crippen MR) is 79.8 cm³/mol. The highest BCUT2D eigenvalue weighted by molar-refractivity contribution is 6.76. The zero-order valence-corrected chi connectivity index (χ0v) is 13.8. The van der Waals surface area contributed by atoms with Crippen molar-refractivity contribution in [2.24, 2.45) is 17.8 Å². The summed E-state index contributed by atoms with van der Waals surface area (Å²) in [5.41, 5.74) is 0. The van der Waals surface area contributed by atoms with Crippen LogP contribution in [0.2, 0.25) is 25.7 Å². The Morgan fingerprint density at radius 3 is 2.43 bits per heavy atom. The van der Waals surface area contributed by atoms with E-state index in [1.807, 2.05) is 0 Å². The molecule has 2 rings (SSSR count). The Hall–Kier alpha value is -1.08. The molecule has 0 radical (unpaired) electrons. The van der Waals surface area contributed by atoms with Crippen LogP contribution >= 0.6 is 0 Å². The van der Waals surface area contributed by atoms with Crippen LogP contribution in [0.3, 0.4) is 0 Å². The molecular formula is C14H25NO5Si. The number of ether oxygens (including phenoxy) is 1. The maximum Gasteiger partial charge on any atom is 0.407 e. The number of hydrogen-bond acceptors (Lipinski definition) is 4. The minimum atomic E-state index is -1.26. The molecule has 120 valence electrons. The van der Waals surface area contributed by atoms with Gasteiger partial charge < -0.3 is 20.3 Å². The van der Waals surface area contributed by atoms with Crippen molar-refractivity contribution in [3.63, 3.8) is 0 Å². The number of amides is 1. The first kappa shape index (κ1) is 16.3. The van der Waals surface area contributed by atoms with Crippen molar-refractivity contribution >= 4 is 20.1 Å². The molecule has 7 heteroatoms. The van der Waals surface area contributed by atoms with Crippen LogP contribution in [-0.4, -0.2) is 49.1 Å². The van der Waals surface area contributed by atoms with Crippen molar-refractivity contribution in [3.8, 4) is 0 Å². The quantitative estimate of drug-likeness (QED) is 0.669. The fourth-order valence-corrected chi connectivity index (χ4v) is 4.24. The fourth-order valence-electron chi connectivity index (χ4n) is 3.52. The van der Waals surface area contributed by atoms with Crippen LogP contribution in [0.25, 0.3) is 0 Å². The van der Waals surface area contributed by atoms with Gasteiger partial charge in [0.05, 0.1) is 24.7 Å². The van der Waals surface area contributed by atoms with Gasteiger partial charge in [0.25, 0.3) is 0 Å². The summed E-state index contributed by atoms with van der Waals surface area (Å²) in [4.78, 5) is 23.2. The highest BCUT2D eigenvalue weighted by atomic mass is 28.3. The predicted octanol–water partition coefficient (Wildman–Crippen LogP) is 1.52. The molecule has 0 aliphatic heterocycles. The van der Waals surface area contributed by atoms with Crippen LogP contribution in [0.15, 0.2) is 0 Å². The summed E-state index contributed by atoms with van der Waals surface area (Å²) in [5, 5.41) is 22.1. The standard InChI is InChI=1S/C14H25NO5Si/c1-21(2,3)7-6-20-14(19)15-11-9-5-4-8(12(9)16)10(11)13(17)18/h8-12,16H,4-7H2,1-3H3,(H,15,19)(H,17,18)/t8?,9?,10-,11+,12?/m0/s1. The van der Waals surface area contributed by atoms with E-state index in [1.54, 1.807) is 0 Å². The number of alkyl carbamates (subject to hydrolysis) is 1. The van der Waals surface area contributed by atoms with Gasteiger partial charge in [-0.2, -0.15) is 0 Å². The van der Waals surface area contributed by atoms with E-state index in [2.05, 4.69) is 25.0 Å². The van der Waals surface area contributed by atoms with E-state index in [-0.39, 0.29) is 11.8 Å². The van der Waals surface area contributed by atoms with Gasteiger partial charge in [0.15, 0.2) is 0 Å². The first-order chi connectivity index (χ1) is 9.70. The molecule has 0 aromatic heterocycles. The van der Waals surface area contributed by atoms with Crippen LogP contribution in [0, 0.1) is 17.8 Å². The summed E-state index contributed by atoms with van der Waals surface area (Å²) in [6.45, 7) is 6.95. The van der Waals surface area contributed by atoms with Crippen molar-refractivity contribution in [1.29, 1.82) is 0 Å². The molecule has 21 heavy (non-hydrogen) atoms. The zero-order valence-electron chi connectivity index (χ0n) is 12.8. The van der Waals surface area contributed by atoms with Gasteiger partial charge in [-0.25, -0.2) is 4.79 Å². The number of fused-ring (bicyclic) bond motifs is 2. The summed E-state index contributed by atoms with van der Waals surface area (Å²) in [7, 11) is -1.26. The van der Waals surface area contributed by atoms with Crippen molar-refractivity contribution in [1.82, 2.24) is 5.32 Å². The van der Waals surface area contributed by atoms with E-state index in [0.717, 1.165) is 12.5 Å². The molecule has 1 amide bonds. The SMILES string of the molecule is C[Si](C)(C)CCOC(=O)N[C@@H]1C2CCC(C2O)[C@@H]1C(=O)O. The molecular weight excluding hydrogens is 290 g/mol. The third kappa shape index (κ3) is 3.57. The second-order valence-corrected chi connectivity index (χ2v) is 13.0. The van der Waals surface area contributed by atoms with Gasteiger partial charge in [-0.3, -0.25) is 4.79 Å². The van der Waals surface area contributed by atoms with Crippen molar-refractivity contribution < 1.29 is 24.5 Å². The summed E-state index contributed by atoms with van der Waals surface area (Å²) in [5.74, 6) is -2.07. The molecule has 2 saturated carbocycles. The lowest BCUT2D eigenvalue weighted by Crippen LogP contribution is -2.47. The molecule has 2 bridgehead atoms. The van der Waals surface area contributed by atoms with Gasteiger partial charge in [0, 0.05) is 19.9 Å². The average Bonchev–Trinajstić information content (AvgIpc) is 2.81. The molecule has 0 aromatic carbocycles. The smallest absolute Gasteiger partial charge is 0.407 e. The molecule has 0 saturated heterocycles. The Morgan fingerprint density at radius 1 is 1.24 bits per heavy atom. The molecule has 0 spiro atoms. The molecule has 6 nitrogen and oxygen atoms in total. The maximum atomic E-state index is 11.8. The molecule has 2 aliphatic carbocycles. The fraction of sp³-hybridized carbons (Fsp3) is 0.857. The minimum absolute atomic E-state index is 0.166. The maximum absolute atomic E-state index is 11.8. The van der Waals surface area contributed by atoms with E-state index >= 15 is 0 Å².